The number of rotatable bonds is 2. The van der Waals surface area contributed by atoms with Crippen molar-refractivity contribution in [3.05, 3.63) is 50.2 Å². The zero-order chi connectivity index (χ0) is 15.9. The largest absolute Gasteiger partial charge is 0.369 e. The normalized spacial score (nSPS) is 25.9. The molecule has 1 aromatic carbocycles. The molecule has 1 fully saturated rings. The lowest BCUT2D eigenvalue weighted by Gasteiger charge is -2.16. The van der Waals surface area contributed by atoms with Gasteiger partial charge in [-0.25, -0.2) is 4.39 Å². The first kappa shape index (κ1) is 14.6. The van der Waals surface area contributed by atoms with Crippen LogP contribution in [0.4, 0.5) is 4.39 Å². The monoisotopic (exact) mass is 382 g/mol. The summed E-state index contributed by atoms with van der Waals surface area (Å²) >= 11 is 8.67. The SMILES string of the molecule is BC(O)(O)c1[nH]c(=S)n2c1C1C[C@]1(c1cc(Br)ccc1F)C2. The Morgan fingerprint density at radius 3 is 2.91 bits per heavy atom. The predicted molar refractivity (Wildman–Crippen MR) is 87.4 cm³/mol. The van der Waals surface area contributed by atoms with Gasteiger partial charge in [-0.2, -0.15) is 0 Å². The first-order valence-corrected chi connectivity index (χ1v) is 8.17. The molecule has 2 atom stereocenters. The van der Waals surface area contributed by atoms with Crippen molar-refractivity contribution < 1.29 is 14.6 Å². The van der Waals surface area contributed by atoms with E-state index in [0.717, 1.165) is 16.6 Å². The standard InChI is InChI=1S/C14H13BBrFN2O2S/c15-14(20,21)11-10-8-4-13(8,5-19(10)12(22)18-11)7-3-6(16)1-2-9(7)17/h1-3,8,20-21H,4-5,15H2,(H,18,22)/t8?,13-/m1/s1. The maximum Gasteiger partial charge on any atom is 0.186 e. The Morgan fingerprint density at radius 1 is 1.50 bits per heavy atom. The van der Waals surface area contributed by atoms with Crippen LogP contribution < -0.4 is 0 Å². The molecule has 1 aliphatic heterocycles. The summed E-state index contributed by atoms with van der Waals surface area (Å²) in [5.74, 6) is -0.179. The molecule has 3 N–H and O–H groups in total. The van der Waals surface area contributed by atoms with Crippen molar-refractivity contribution >= 4 is 36.0 Å². The fraction of sp³-hybridized carbons (Fsp3) is 0.357. The topological polar surface area (TPSA) is 61.2 Å². The molecule has 0 bridgehead atoms. The van der Waals surface area contributed by atoms with Crippen molar-refractivity contribution in [2.45, 2.75) is 30.0 Å². The molecular weight excluding hydrogens is 370 g/mol. The highest BCUT2D eigenvalue weighted by Gasteiger charge is 2.64. The minimum absolute atomic E-state index is 0.0536. The lowest BCUT2D eigenvalue weighted by molar-refractivity contribution is -0.0947. The van der Waals surface area contributed by atoms with Crippen LogP contribution in [0.3, 0.4) is 0 Å². The van der Waals surface area contributed by atoms with Crippen LogP contribution in [-0.4, -0.2) is 27.6 Å². The van der Waals surface area contributed by atoms with Crippen molar-refractivity contribution in [3.63, 3.8) is 0 Å². The number of benzene rings is 1. The molecular formula is C14H13BBrFN2O2S. The van der Waals surface area contributed by atoms with Crippen LogP contribution in [0.2, 0.25) is 0 Å². The lowest BCUT2D eigenvalue weighted by Crippen LogP contribution is -2.27. The third kappa shape index (κ3) is 1.84. The van der Waals surface area contributed by atoms with Gasteiger partial charge in [0.1, 0.15) is 5.82 Å². The Hall–Kier alpha value is -0.955. The van der Waals surface area contributed by atoms with Crippen LogP contribution in [-0.2, 0) is 17.6 Å². The summed E-state index contributed by atoms with van der Waals surface area (Å²) in [5.41, 5.74) is -0.545. The zero-order valence-electron chi connectivity index (χ0n) is 11.7. The molecule has 0 saturated heterocycles. The second kappa shape index (κ2) is 4.32. The minimum Gasteiger partial charge on any atom is -0.369 e. The highest BCUT2D eigenvalue weighted by atomic mass is 79.9. The van der Waals surface area contributed by atoms with E-state index in [1.54, 1.807) is 6.07 Å². The van der Waals surface area contributed by atoms with E-state index in [4.69, 9.17) is 12.2 Å². The van der Waals surface area contributed by atoms with Crippen LogP contribution in [0.1, 0.15) is 29.3 Å². The van der Waals surface area contributed by atoms with Crippen molar-refractivity contribution in [1.29, 1.82) is 0 Å². The van der Waals surface area contributed by atoms with E-state index in [2.05, 4.69) is 20.9 Å². The van der Waals surface area contributed by atoms with E-state index in [-0.39, 0.29) is 17.2 Å². The molecule has 4 rings (SSSR count). The van der Waals surface area contributed by atoms with Gasteiger partial charge in [0.15, 0.2) is 18.3 Å². The fourth-order valence-electron chi connectivity index (χ4n) is 3.75. The summed E-state index contributed by atoms with van der Waals surface area (Å²) in [7, 11) is 1.30. The van der Waals surface area contributed by atoms with Crippen LogP contribution in [0.25, 0.3) is 0 Å². The van der Waals surface area contributed by atoms with Gasteiger partial charge < -0.3 is 19.8 Å². The van der Waals surface area contributed by atoms with E-state index >= 15 is 0 Å². The van der Waals surface area contributed by atoms with Gasteiger partial charge in [0.25, 0.3) is 0 Å². The molecule has 4 nitrogen and oxygen atoms in total. The third-order valence-corrected chi connectivity index (χ3v) is 5.62. The number of imidazole rings is 1. The second-order valence-corrected chi connectivity index (χ2v) is 7.64. The number of hydrogen-bond donors (Lipinski definition) is 3. The number of nitrogens with one attached hydrogen (secondary N) is 1. The van der Waals surface area contributed by atoms with E-state index < -0.39 is 5.69 Å². The van der Waals surface area contributed by atoms with E-state index in [1.165, 1.54) is 13.9 Å². The number of aromatic amines is 1. The summed E-state index contributed by atoms with van der Waals surface area (Å²) in [6, 6.07) is 4.95. The number of halogens is 2. The molecule has 1 unspecified atom stereocenters. The van der Waals surface area contributed by atoms with E-state index in [1.807, 2.05) is 10.6 Å². The maximum atomic E-state index is 14.3. The van der Waals surface area contributed by atoms with Gasteiger partial charge in [0.05, 0.1) is 5.69 Å². The number of aliphatic hydroxyl groups is 2. The molecule has 2 aliphatic rings. The molecule has 1 saturated carbocycles. The zero-order valence-corrected chi connectivity index (χ0v) is 14.1. The fourth-order valence-corrected chi connectivity index (χ4v) is 4.37. The molecule has 1 aliphatic carbocycles. The average molecular weight is 383 g/mol. The molecule has 0 radical (unpaired) electrons. The number of nitrogens with zero attached hydrogens (tertiary/aromatic N) is 1. The van der Waals surface area contributed by atoms with E-state index in [9.17, 15) is 14.6 Å². The first-order valence-electron chi connectivity index (χ1n) is 6.97. The minimum atomic E-state index is -1.98. The Balaban J connectivity index is 1.86. The number of aromatic nitrogens is 2. The van der Waals surface area contributed by atoms with Crippen molar-refractivity contribution in [3.8, 4) is 0 Å². The summed E-state index contributed by atoms with van der Waals surface area (Å²) in [6.07, 6.45) is 0.788. The van der Waals surface area contributed by atoms with Gasteiger partial charge in [-0.3, -0.25) is 0 Å². The molecule has 0 amide bonds. The molecule has 0 spiro atoms. The molecule has 2 heterocycles. The number of fused-ring (bicyclic) bond motifs is 3. The third-order valence-electron chi connectivity index (χ3n) is 4.81. The number of H-pyrrole nitrogens is 1. The smallest absolute Gasteiger partial charge is 0.186 e. The van der Waals surface area contributed by atoms with Crippen LogP contribution in [0.15, 0.2) is 22.7 Å². The Bertz CT molecular complexity index is 860. The second-order valence-electron chi connectivity index (χ2n) is 6.33. The molecule has 2 aromatic rings. The van der Waals surface area contributed by atoms with Crippen LogP contribution >= 0.6 is 28.1 Å². The summed E-state index contributed by atoms with van der Waals surface area (Å²) in [4.78, 5) is 2.88. The van der Waals surface area contributed by atoms with Crippen molar-refractivity contribution in [2.75, 3.05) is 0 Å². The van der Waals surface area contributed by atoms with Crippen molar-refractivity contribution in [2.24, 2.45) is 0 Å². The van der Waals surface area contributed by atoms with Crippen molar-refractivity contribution in [1.82, 2.24) is 9.55 Å². The van der Waals surface area contributed by atoms with Gasteiger partial charge in [-0.1, -0.05) is 15.9 Å². The van der Waals surface area contributed by atoms with Crippen LogP contribution in [0.5, 0.6) is 0 Å². The molecule has 114 valence electrons. The summed E-state index contributed by atoms with van der Waals surface area (Å²) < 4.78 is 17.4. The number of hydrogen-bond acceptors (Lipinski definition) is 3. The van der Waals surface area contributed by atoms with E-state index in [0.29, 0.717) is 22.6 Å². The quantitative estimate of drug-likeness (QED) is 0.420. The predicted octanol–water partition coefficient (Wildman–Crippen LogP) is 1.61. The van der Waals surface area contributed by atoms with Gasteiger partial charge in [-0.05, 0) is 42.4 Å². The average Bonchev–Trinajstić information content (AvgIpc) is 2.90. The molecule has 1 aromatic heterocycles. The lowest BCUT2D eigenvalue weighted by atomic mass is 9.88. The van der Waals surface area contributed by atoms with Gasteiger partial charge in [-0.15, -0.1) is 0 Å². The Labute approximate surface area is 140 Å². The highest BCUT2D eigenvalue weighted by Crippen LogP contribution is 2.66. The summed E-state index contributed by atoms with van der Waals surface area (Å²) in [6.45, 7) is 0.561. The van der Waals surface area contributed by atoms with Gasteiger partial charge >= 0.3 is 0 Å². The van der Waals surface area contributed by atoms with Gasteiger partial charge in [0, 0.05) is 28.0 Å². The molecule has 22 heavy (non-hydrogen) atoms. The molecule has 8 heteroatoms. The van der Waals surface area contributed by atoms with Crippen LogP contribution in [0, 0.1) is 10.6 Å². The van der Waals surface area contributed by atoms with Gasteiger partial charge in [0.2, 0.25) is 0 Å². The Kier molecular flexibility index (Phi) is 2.87. The summed E-state index contributed by atoms with van der Waals surface area (Å²) in [5, 5.41) is 19.9. The first-order chi connectivity index (χ1) is 10.2. The maximum absolute atomic E-state index is 14.3. The highest BCUT2D eigenvalue weighted by molar-refractivity contribution is 9.10. The Morgan fingerprint density at radius 2 is 2.23 bits per heavy atom.